The number of benzene rings is 2. The van der Waals surface area contributed by atoms with Crippen LogP contribution in [-0.2, 0) is 4.79 Å². The van der Waals surface area contributed by atoms with Crippen LogP contribution in [0.15, 0.2) is 60.6 Å². The molecule has 3 aliphatic rings. The van der Waals surface area contributed by atoms with Crippen LogP contribution in [0.3, 0.4) is 0 Å². The molecule has 9 heteroatoms. The minimum Gasteiger partial charge on any atom is -0.387 e. The molecule has 212 valence electrons. The van der Waals surface area contributed by atoms with Crippen molar-refractivity contribution in [1.29, 1.82) is 5.26 Å². The van der Waals surface area contributed by atoms with Gasteiger partial charge in [-0.3, -0.25) is 4.79 Å². The van der Waals surface area contributed by atoms with E-state index in [9.17, 15) is 14.4 Å². The van der Waals surface area contributed by atoms with Crippen molar-refractivity contribution in [2.75, 3.05) is 46.1 Å². The molecule has 1 fully saturated rings. The zero-order chi connectivity index (χ0) is 28.9. The zero-order valence-electron chi connectivity index (χ0n) is 23.5. The number of amides is 1. The predicted molar refractivity (Wildman–Crippen MR) is 161 cm³/mol. The van der Waals surface area contributed by atoms with Crippen LogP contribution in [0.25, 0.3) is 23.4 Å². The highest BCUT2D eigenvalue weighted by Crippen LogP contribution is 2.23. The minimum atomic E-state index is -0.401. The maximum atomic E-state index is 13.4. The molecule has 6 N–H and O–H groups in total. The van der Waals surface area contributed by atoms with E-state index in [0.717, 1.165) is 46.6 Å². The number of halogens is 1. The van der Waals surface area contributed by atoms with Crippen LogP contribution in [-0.4, -0.2) is 63.7 Å². The molecule has 1 amide bonds. The maximum absolute atomic E-state index is 13.4. The van der Waals surface area contributed by atoms with Crippen LogP contribution in [0.2, 0.25) is 0 Å². The first-order valence-electron chi connectivity index (χ1n) is 13.6. The van der Waals surface area contributed by atoms with Gasteiger partial charge in [-0.15, -0.1) is 0 Å². The van der Waals surface area contributed by atoms with Crippen molar-refractivity contribution in [1.82, 2.24) is 20.9 Å². The topological polar surface area (TPSA) is 118 Å². The molecule has 1 unspecified atom stereocenters. The van der Waals surface area contributed by atoms with Crippen molar-refractivity contribution < 1.29 is 9.18 Å². The molecule has 40 heavy (non-hydrogen) atoms. The van der Waals surface area contributed by atoms with Crippen LogP contribution >= 0.6 is 0 Å². The van der Waals surface area contributed by atoms with Crippen LogP contribution in [0.4, 0.5) is 10.1 Å². The number of rotatable bonds is 5. The number of hydrogen-bond donors (Lipinski definition) is 5. The molecule has 1 atom stereocenters. The number of nitrogens with two attached hydrogens (primary N) is 1. The van der Waals surface area contributed by atoms with Gasteiger partial charge in [0.05, 0.1) is 24.1 Å². The average Bonchev–Trinajstić information content (AvgIpc) is 2.99. The first-order chi connectivity index (χ1) is 19.5. The Morgan fingerprint density at radius 1 is 1.18 bits per heavy atom. The summed E-state index contributed by atoms with van der Waals surface area (Å²) in [4.78, 5) is 14.6. The first-order valence-corrected chi connectivity index (χ1v) is 13.6. The van der Waals surface area contributed by atoms with Crippen molar-refractivity contribution in [3.63, 3.8) is 0 Å². The van der Waals surface area contributed by atoms with E-state index in [1.807, 2.05) is 55.5 Å². The normalized spacial score (nSPS) is 17.4. The summed E-state index contributed by atoms with van der Waals surface area (Å²) in [6.07, 6.45) is 11.0. The average molecular weight is 546 g/mol. The monoisotopic (exact) mass is 545 g/mol. The van der Waals surface area contributed by atoms with Gasteiger partial charge >= 0.3 is 0 Å². The van der Waals surface area contributed by atoms with Crippen LogP contribution < -0.4 is 37.4 Å². The number of nitrogens with zero attached hydrogens (tertiary/aromatic N) is 2. The van der Waals surface area contributed by atoms with E-state index < -0.39 is 5.95 Å². The molecule has 0 aliphatic carbocycles. The molecule has 0 saturated carbocycles. The lowest BCUT2D eigenvalue weighted by Gasteiger charge is -2.34. The molecule has 0 spiro atoms. The fourth-order valence-corrected chi connectivity index (χ4v) is 4.87. The fourth-order valence-electron chi connectivity index (χ4n) is 4.87. The summed E-state index contributed by atoms with van der Waals surface area (Å²) < 4.78 is 13.4. The standard InChI is InChI=1S/C28H28FN5O.C2H7N.CH5N/c29-27-6-2-5-24(33-27)16-28(35)34-11-8-23(9-12-34)32-26-15-22(14-21-7-10-31-18-25(21)26)20-4-1-3-19(13-20)17-30;1-3-2;1-2/h1-7,13-15,18,23-24,31-33H,8-12,16H2;3H,1-2H3;2H2,1H3. The van der Waals surface area contributed by atoms with Crippen molar-refractivity contribution in [3.05, 3.63) is 76.6 Å². The van der Waals surface area contributed by atoms with E-state index in [1.54, 1.807) is 6.08 Å². The number of allylic oxidation sites excluding steroid dienone is 2. The Hall–Kier alpha value is -4.13. The number of carbonyl (C=O) groups excluding carboxylic acids is 1. The number of carbonyl (C=O) groups is 1. The summed E-state index contributed by atoms with van der Waals surface area (Å²) in [6, 6.07) is 14.1. The Kier molecular flexibility index (Phi) is 11.8. The molecule has 8 nitrogen and oxygen atoms in total. The Labute approximate surface area is 236 Å². The Balaban J connectivity index is 0.000000827. The summed E-state index contributed by atoms with van der Waals surface area (Å²) >= 11 is 0. The van der Waals surface area contributed by atoms with Gasteiger partial charge in [0.15, 0.2) is 5.95 Å². The molecule has 3 heterocycles. The largest absolute Gasteiger partial charge is 0.387 e. The van der Waals surface area contributed by atoms with E-state index in [0.29, 0.717) is 18.7 Å². The SMILES string of the molecule is CN.CNC.N#Cc1cccc(-c2cc(NC3CCN(C(=O)CC4C=CC=C(F)N4)CC3)c3c(c2)=CCNC=3)c1. The van der Waals surface area contributed by atoms with Crippen molar-refractivity contribution in [2.45, 2.75) is 31.3 Å². The first kappa shape index (κ1) is 30.4. The van der Waals surface area contributed by atoms with E-state index >= 15 is 0 Å². The van der Waals surface area contributed by atoms with Crippen LogP contribution in [0, 0.1) is 11.3 Å². The number of likely N-dealkylation sites (tertiary alicyclic amines) is 1. The molecule has 0 bridgehead atoms. The third-order valence-corrected chi connectivity index (χ3v) is 6.73. The van der Waals surface area contributed by atoms with Gasteiger partial charge in [0.25, 0.3) is 0 Å². The molecule has 0 radical (unpaired) electrons. The van der Waals surface area contributed by atoms with Crippen LogP contribution in [0.5, 0.6) is 0 Å². The number of dihydropyridines is 1. The van der Waals surface area contributed by atoms with Crippen molar-refractivity contribution >= 4 is 23.9 Å². The van der Waals surface area contributed by atoms with Gasteiger partial charge in [-0.1, -0.05) is 30.4 Å². The van der Waals surface area contributed by atoms with Gasteiger partial charge in [-0.2, -0.15) is 9.65 Å². The summed E-state index contributed by atoms with van der Waals surface area (Å²) in [5.74, 6) is -0.356. The highest BCUT2D eigenvalue weighted by molar-refractivity contribution is 5.77. The molecule has 3 aliphatic heterocycles. The van der Waals surface area contributed by atoms with Gasteiger partial charge in [0.1, 0.15) is 0 Å². The Morgan fingerprint density at radius 2 is 1.93 bits per heavy atom. The number of hydrogen-bond acceptors (Lipinski definition) is 7. The van der Waals surface area contributed by atoms with Gasteiger partial charge in [0.2, 0.25) is 5.91 Å². The second-order valence-corrected chi connectivity index (χ2v) is 9.63. The number of anilines is 1. The number of nitrogens with one attached hydrogen (secondary N) is 4. The zero-order valence-corrected chi connectivity index (χ0v) is 23.5. The lowest BCUT2D eigenvalue weighted by molar-refractivity contribution is -0.132. The highest BCUT2D eigenvalue weighted by atomic mass is 19.1. The van der Waals surface area contributed by atoms with Gasteiger partial charge in [-0.05, 0) is 80.7 Å². The Bertz CT molecular complexity index is 1370. The lowest BCUT2D eigenvalue weighted by Crippen LogP contribution is -2.45. The molecular formula is C31H40FN7O. The Morgan fingerprint density at radius 3 is 2.62 bits per heavy atom. The number of piperidine rings is 1. The summed E-state index contributed by atoms with van der Waals surface area (Å²) in [6.45, 7) is 2.12. The third-order valence-electron chi connectivity index (χ3n) is 6.73. The molecular weight excluding hydrogens is 505 g/mol. The molecule has 5 rings (SSSR count). The number of nitriles is 1. The van der Waals surface area contributed by atoms with Crippen molar-refractivity contribution in [2.24, 2.45) is 5.73 Å². The second-order valence-electron chi connectivity index (χ2n) is 9.63. The summed E-state index contributed by atoms with van der Waals surface area (Å²) in [7, 11) is 5.25. The van der Waals surface area contributed by atoms with E-state index in [4.69, 9.17) is 0 Å². The fraction of sp³-hybridized carbons (Fsp3) is 0.355. The second kappa shape index (κ2) is 15.5. The summed E-state index contributed by atoms with van der Waals surface area (Å²) in [5.41, 5.74) is 8.27. The van der Waals surface area contributed by atoms with Crippen LogP contribution in [0.1, 0.15) is 24.8 Å². The van der Waals surface area contributed by atoms with Gasteiger partial charge in [-0.25, -0.2) is 0 Å². The third kappa shape index (κ3) is 8.18. The smallest absolute Gasteiger partial charge is 0.224 e. The highest BCUT2D eigenvalue weighted by Gasteiger charge is 2.25. The molecule has 1 saturated heterocycles. The molecule has 2 aromatic rings. The van der Waals surface area contributed by atoms with E-state index in [2.05, 4.69) is 51.3 Å². The van der Waals surface area contributed by atoms with Gasteiger partial charge < -0.3 is 31.9 Å². The van der Waals surface area contributed by atoms with E-state index in [1.165, 1.54) is 13.1 Å². The van der Waals surface area contributed by atoms with E-state index in [-0.39, 0.29) is 24.4 Å². The molecule has 2 aromatic carbocycles. The molecule has 0 aromatic heterocycles. The number of fused-ring (bicyclic) bond motifs is 1. The maximum Gasteiger partial charge on any atom is 0.224 e. The van der Waals surface area contributed by atoms with Crippen molar-refractivity contribution in [3.8, 4) is 17.2 Å². The predicted octanol–water partition coefficient (Wildman–Crippen LogP) is 1.89. The lowest BCUT2D eigenvalue weighted by atomic mass is 9.98. The minimum absolute atomic E-state index is 0.0455. The summed E-state index contributed by atoms with van der Waals surface area (Å²) in [5, 5.41) is 24.1. The van der Waals surface area contributed by atoms with Gasteiger partial charge in [0, 0.05) is 42.8 Å². The quantitative estimate of drug-likeness (QED) is 0.364.